The Labute approximate surface area is 106 Å². The van der Waals surface area contributed by atoms with Gasteiger partial charge in [0.2, 0.25) is 0 Å². The fraction of sp³-hybridized carbons (Fsp3) is 0.200. The number of hydrogen-bond donors (Lipinski definition) is 0. The number of nitrogens with zero attached hydrogens (tertiary/aromatic N) is 2. The van der Waals surface area contributed by atoms with E-state index in [4.69, 9.17) is 5.26 Å². The zero-order valence-electron chi connectivity index (χ0n) is 10.5. The highest BCUT2D eigenvalue weighted by Crippen LogP contribution is 2.14. The summed E-state index contributed by atoms with van der Waals surface area (Å²) in [5.41, 5.74) is 3.55. The second-order valence-electron chi connectivity index (χ2n) is 4.33. The van der Waals surface area contributed by atoms with Crippen molar-refractivity contribution in [3.8, 4) is 6.07 Å². The fourth-order valence-electron chi connectivity index (χ4n) is 2.00. The summed E-state index contributed by atoms with van der Waals surface area (Å²) in [6.45, 7) is 4.20. The Morgan fingerprint density at radius 1 is 1.39 bits per heavy atom. The second-order valence-corrected chi connectivity index (χ2v) is 4.33. The van der Waals surface area contributed by atoms with Gasteiger partial charge in [0.25, 0.3) is 0 Å². The molecule has 1 aromatic heterocycles. The SMILES string of the molecule is CC(=O)c1cccn1Cc1ccc(C#N)cc1C. The van der Waals surface area contributed by atoms with Gasteiger partial charge in [-0.05, 0) is 42.3 Å². The van der Waals surface area contributed by atoms with E-state index in [0.717, 1.165) is 11.1 Å². The molecule has 1 heterocycles. The van der Waals surface area contributed by atoms with E-state index in [2.05, 4.69) is 6.07 Å². The lowest BCUT2D eigenvalue weighted by Gasteiger charge is -2.10. The van der Waals surface area contributed by atoms with Crippen molar-refractivity contribution >= 4 is 5.78 Å². The predicted molar refractivity (Wildman–Crippen MR) is 69.4 cm³/mol. The number of carbonyl (C=O) groups excluding carboxylic acids is 1. The maximum atomic E-state index is 11.4. The number of benzene rings is 1. The van der Waals surface area contributed by atoms with E-state index < -0.39 is 0 Å². The standard InChI is InChI=1S/C15H14N2O/c1-11-8-13(9-16)5-6-14(11)10-17-7-3-4-15(17)12(2)18/h3-8H,10H2,1-2H3. The molecule has 1 aromatic carbocycles. The lowest BCUT2D eigenvalue weighted by Crippen LogP contribution is -2.07. The summed E-state index contributed by atoms with van der Waals surface area (Å²) in [5.74, 6) is 0.0614. The van der Waals surface area contributed by atoms with Crippen LogP contribution in [0.4, 0.5) is 0 Å². The van der Waals surface area contributed by atoms with Crippen LogP contribution < -0.4 is 0 Å². The van der Waals surface area contributed by atoms with E-state index in [1.165, 1.54) is 0 Å². The van der Waals surface area contributed by atoms with Crippen molar-refractivity contribution in [2.75, 3.05) is 0 Å². The lowest BCUT2D eigenvalue weighted by atomic mass is 10.1. The molecule has 90 valence electrons. The minimum atomic E-state index is 0.0614. The van der Waals surface area contributed by atoms with Crippen LogP contribution in [0.25, 0.3) is 0 Å². The molecule has 0 spiro atoms. The first-order valence-corrected chi connectivity index (χ1v) is 5.77. The first-order chi connectivity index (χ1) is 8.61. The Bertz CT molecular complexity index is 632. The van der Waals surface area contributed by atoms with Gasteiger partial charge in [0.05, 0.1) is 17.3 Å². The van der Waals surface area contributed by atoms with Gasteiger partial charge in [-0.25, -0.2) is 0 Å². The summed E-state index contributed by atoms with van der Waals surface area (Å²) in [5, 5.41) is 8.83. The highest BCUT2D eigenvalue weighted by atomic mass is 16.1. The zero-order valence-corrected chi connectivity index (χ0v) is 10.5. The van der Waals surface area contributed by atoms with E-state index in [1.807, 2.05) is 42.0 Å². The van der Waals surface area contributed by atoms with Gasteiger partial charge < -0.3 is 4.57 Å². The van der Waals surface area contributed by atoms with Crippen LogP contribution in [0.2, 0.25) is 0 Å². The molecule has 0 aliphatic carbocycles. The van der Waals surface area contributed by atoms with Gasteiger partial charge in [0, 0.05) is 19.7 Å². The van der Waals surface area contributed by atoms with Crippen LogP contribution in [0.15, 0.2) is 36.5 Å². The number of rotatable bonds is 3. The molecule has 3 nitrogen and oxygen atoms in total. The van der Waals surface area contributed by atoms with E-state index in [9.17, 15) is 4.79 Å². The number of Topliss-reactive ketones (excluding diaryl/α,β-unsaturated/α-hetero) is 1. The number of aryl methyl sites for hydroxylation is 1. The number of hydrogen-bond acceptors (Lipinski definition) is 2. The molecule has 3 heteroatoms. The second kappa shape index (κ2) is 4.89. The first-order valence-electron chi connectivity index (χ1n) is 5.77. The summed E-state index contributed by atoms with van der Waals surface area (Å²) >= 11 is 0. The topological polar surface area (TPSA) is 45.8 Å². The Morgan fingerprint density at radius 3 is 2.78 bits per heavy atom. The molecule has 0 amide bonds. The molecule has 0 saturated heterocycles. The number of aromatic nitrogens is 1. The largest absolute Gasteiger partial charge is 0.341 e. The van der Waals surface area contributed by atoms with Gasteiger partial charge in [0.1, 0.15) is 0 Å². The molecule has 0 aliphatic rings. The van der Waals surface area contributed by atoms with E-state index in [1.54, 1.807) is 13.0 Å². The van der Waals surface area contributed by atoms with Crippen molar-refractivity contribution in [2.45, 2.75) is 20.4 Å². The van der Waals surface area contributed by atoms with Gasteiger partial charge >= 0.3 is 0 Å². The summed E-state index contributed by atoms with van der Waals surface area (Å²) in [6, 6.07) is 11.4. The van der Waals surface area contributed by atoms with Crippen molar-refractivity contribution in [3.63, 3.8) is 0 Å². The Morgan fingerprint density at radius 2 is 2.17 bits per heavy atom. The maximum Gasteiger partial charge on any atom is 0.176 e. The van der Waals surface area contributed by atoms with Crippen LogP contribution in [0.3, 0.4) is 0 Å². The molecule has 18 heavy (non-hydrogen) atoms. The molecule has 0 aliphatic heterocycles. The third-order valence-corrected chi connectivity index (χ3v) is 3.00. The van der Waals surface area contributed by atoms with Crippen LogP contribution in [0.5, 0.6) is 0 Å². The predicted octanol–water partition coefficient (Wildman–Crippen LogP) is 2.92. The van der Waals surface area contributed by atoms with E-state index >= 15 is 0 Å². The molecular weight excluding hydrogens is 224 g/mol. The Kier molecular flexibility index (Phi) is 3.29. The van der Waals surface area contributed by atoms with Gasteiger partial charge in [-0.15, -0.1) is 0 Å². The quantitative estimate of drug-likeness (QED) is 0.772. The summed E-state index contributed by atoms with van der Waals surface area (Å²) < 4.78 is 1.93. The van der Waals surface area contributed by atoms with Crippen molar-refractivity contribution in [1.82, 2.24) is 4.57 Å². The average molecular weight is 238 g/mol. The minimum Gasteiger partial charge on any atom is -0.341 e. The van der Waals surface area contributed by atoms with Gasteiger partial charge in [0.15, 0.2) is 5.78 Å². The fourth-order valence-corrected chi connectivity index (χ4v) is 2.00. The van der Waals surface area contributed by atoms with Gasteiger partial charge in [-0.3, -0.25) is 4.79 Å². The van der Waals surface area contributed by atoms with E-state index in [-0.39, 0.29) is 5.78 Å². The summed E-state index contributed by atoms with van der Waals surface area (Å²) in [4.78, 5) is 11.4. The number of ketones is 1. The smallest absolute Gasteiger partial charge is 0.176 e. The molecule has 0 bridgehead atoms. The molecule has 0 N–H and O–H groups in total. The molecule has 2 rings (SSSR count). The van der Waals surface area contributed by atoms with Crippen LogP contribution in [0, 0.1) is 18.3 Å². The molecule has 0 saturated carbocycles. The van der Waals surface area contributed by atoms with Crippen molar-refractivity contribution in [1.29, 1.82) is 5.26 Å². The van der Waals surface area contributed by atoms with Gasteiger partial charge in [-0.2, -0.15) is 5.26 Å². The molecule has 0 fully saturated rings. The molecule has 2 aromatic rings. The van der Waals surface area contributed by atoms with Crippen LogP contribution in [0.1, 0.15) is 34.1 Å². The summed E-state index contributed by atoms with van der Waals surface area (Å²) in [7, 11) is 0. The molecule has 0 radical (unpaired) electrons. The monoisotopic (exact) mass is 238 g/mol. The molecule has 0 unspecified atom stereocenters. The zero-order chi connectivity index (χ0) is 13.1. The number of nitriles is 1. The Hall–Kier alpha value is -2.34. The highest BCUT2D eigenvalue weighted by molar-refractivity contribution is 5.92. The highest BCUT2D eigenvalue weighted by Gasteiger charge is 2.07. The molecule has 0 atom stereocenters. The lowest BCUT2D eigenvalue weighted by molar-refractivity contribution is 0.100. The van der Waals surface area contributed by atoms with Crippen LogP contribution >= 0.6 is 0 Å². The third kappa shape index (κ3) is 2.33. The van der Waals surface area contributed by atoms with Crippen molar-refractivity contribution < 1.29 is 4.79 Å². The summed E-state index contributed by atoms with van der Waals surface area (Å²) in [6.07, 6.45) is 1.90. The maximum absolute atomic E-state index is 11.4. The third-order valence-electron chi connectivity index (χ3n) is 3.00. The normalized spacial score (nSPS) is 10.1. The van der Waals surface area contributed by atoms with E-state index in [0.29, 0.717) is 17.8 Å². The Balaban J connectivity index is 2.32. The van der Waals surface area contributed by atoms with Crippen molar-refractivity contribution in [3.05, 3.63) is 58.9 Å². The first kappa shape index (κ1) is 12.1. The minimum absolute atomic E-state index is 0.0614. The van der Waals surface area contributed by atoms with Gasteiger partial charge in [-0.1, -0.05) is 6.07 Å². The average Bonchev–Trinajstić information content (AvgIpc) is 2.80. The molecular formula is C15H14N2O. The number of carbonyl (C=O) groups is 1. The van der Waals surface area contributed by atoms with Crippen LogP contribution in [-0.2, 0) is 6.54 Å². The van der Waals surface area contributed by atoms with Crippen LogP contribution in [-0.4, -0.2) is 10.4 Å². The van der Waals surface area contributed by atoms with Crippen molar-refractivity contribution in [2.24, 2.45) is 0 Å².